The predicted octanol–water partition coefficient (Wildman–Crippen LogP) is 4.33. The number of likely N-dealkylation sites (tertiary alicyclic amines) is 1. The van der Waals surface area contributed by atoms with Gasteiger partial charge in [0.05, 0.1) is 6.42 Å². The second-order valence-corrected chi connectivity index (χ2v) is 6.25. The lowest BCUT2D eigenvalue weighted by Gasteiger charge is -2.47. The topological polar surface area (TPSA) is 3.24 Å². The first-order valence-corrected chi connectivity index (χ1v) is 6.96. The zero-order chi connectivity index (χ0) is 14.0. The van der Waals surface area contributed by atoms with E-state index in [1.165, 1.54) is 0 Å². The van der Waals surface area contributed by atoms with Crippen molar-refractivity contribution in [3.05, 3.63) is 0 Å². The Balaban J connectivity index is 2.49. The Labute approximate surface area is 109 Å². The summed E-state index contributed by atoms with van der Waals surface area (Å²) in [5.41, 5.74) is 0.314. The number of nitrogens with zero attached hydrogens (tertiary/aromatic N) is 1. The third kappa shape index (κ3) is 3.87. The Morgan fingerprint density at radius 3 is 1.78 bits per heavy atom. The average molecular weight is 265 g/mol. The van der Waals surface area contributed by atoms with Crippen molar-refractivity contribution in [1.82, 2.24) is 4.90 Å². The molecule has 0 spiro atoms. The van der Waals surface area contributed by atoms with E-state index in [1.54, 1.807) is 0 Å². The van der Waals surface area contributed by atoms with Crippen molar-refractivity contribution < 1.29 is 13.2 Å². The van der Waals surface area contributed by atoms with Gasteiger partial charge in [-0.25, -0.2) is 0 Å². The second-order valence-electron chi connectivity index (χ2n) is 6.25. The van der Waals surface area contributed by atoms with Crippen LogP contribution in [0.15, 0.2) is 0 Å². The summed E-state index contributed by atoms with van der Waals surface area (Å²) in [6.07, 6.45) is -2.64. The Hall–Kier alpha value is -0.250. The molecule has 18 heavy (non-hydrogen) atoms. The molecule has 0 saturated carbocycles. The lowest BCUT2D eigenvalue weighted by molar-refractivity contribution is -0.139. The number of rotatable bonds is 4. The molecule has 0 amide bonds. The molecule has 1 rings (SSSR count). The lowest BCUT2D eigenvalue weighted by Crippen LogP contribution is -2.46. The van der Waals surface area contributed by atoms with Crippen molar-refractivity contribution >= 4 is 0 Å². The summed E-state index contributed by atoms with van der Waals surface area (Å²) in [6, 6.07) is 0. The quantitative estimate of drug-likeness (QED) is 0.731. The van der Waals surface area contributed by atoms with Gasteiger partial charge in [0.1, 0.15) is 0 Å². The zero-order valence-electron chi connectivity index (χ0n) is 12.0. The van der Waals surface area contributed by atoms with Crippen molar-refractivity contribution in [1.29, 1.82) is 0 Å². The standard InChI is InChI=1S/C14H26F3N/c1-11(2)13(12(3)4)5-8-18(9-6-13)10-7-14(15,16)17/h11-12H,5-10H2,1-4H3. The summed E-state index contributed by atoms with van der Waals surface area (Å²) in [7, 11) is 0. The summed E-state index contributed by atoms with van der Waals surface area (Å²) in [5.74, 6) is 1.20. The van der Waals surface area contributed by atoms with Gasteiger partial charge >= 0.3 is 6.18 Å². The molecular weight excluding hydrogens is 239 g/mol. The number of hydrogen-bond acceptors (Lipinski definition) is 1. The summed E-state index contributed by atoms with van der Waals surface area (Å²) in [4.78, 5) is 1.97. The van der Waals surface area contributed by atoms with Gasteiger partial charge in [0.15, 0.2) is 0 Å². The molecule has 4 heteroatoms. The van der Waals surface area contributed by atoms with Gasteiger partial charge < -0.3 is 4.90 Å². The zero-order valence-corrected chi connectivity index (χ0v) is 12.0. The van der Waals surface area contributed by atoms with Crippen LogP contribution in [0.2, 0.25) is 0 Å². The van der Waals surface area contributed by atoms with Crippen LogP contribution < -0.4 is 0 Å². The van der Waals surface area contributed by atoms with E-state index in [2.05, 4.69) is 27.7 Å². The highest BCUT2D eigenvalue weighted by atomic mass is 19.4. The fourth-order valence-corrected chi connectivity index (χ4v) is 3.30. The molecule has 0 atom stereocenters. The first kappa shape index (κ1) is 15.8. The Morgan fingerprint density at radius 1 is 1.00 bits per heavy atom. The van der Waals surface area contributed by atoms with E-state index in [0.29, 0.717) is 17.3 Å². The molecular formula is C14H26F3N. The van der Waals surface area contributed by atoms with E-state index in [-0.39, 0.29) is 6.54 Å². The monoisotopic (exact) mass is 265 g/mol. The maximum absolute atomic E-state index is 12.2. The van der Waals surface area contributed by atoms with Crippen LogP contribution in [0.5, 0.6) is 0 Å². The maximum Gasteiger partial charge on any atom is 0.390 e. The largest absolute Gasteiger partial charge is 0.390 e. The molecule has 1 aliphatic rings. The number of alkyl halides is 3. The molecule has 1 fully saturated rings. The Kier molecular flexibility index (Phi) is 5.10. The fraction of sp³-hybridized carbons (Fsp3) is 1.00. The van der Waals surface area contributed by atoms with Gasteiger partial charge in [-0.3, -0.25) is 0 Å². The van der Waals surface area contributed by atoms with E-state index in [1.807, 2.05) is 4.90 Å². The molecule has 0 radical (unpaired) electrons. The van der Waals surface area contributed by atoms with E-state index >= 15 is 0 Å². The van der Waals surface area contributed by atoms with E-state index < -0.39 is 12.6 Å². The molecule has 0 aromatic carbocycles. The number of halogens is 3. The van der Waals surface area contributed by atoms with Crippen LogP contribution in [-0.4, -0.2) is 30.7 Å². The van der Waals surface area contributed by atoms with Crippen molar-refractivity contribution in [2.75, 3.05) is 19.6 Å². The van der Waals surface area contributed by atoms with Gasteiger partial charge in [0.2, 0.25) is 0 Å². The van der Waals surface area contributed by atoms with E-state index in [4.69, 9.17) is 0 Å². The minimum absolute atomic E-state index is 0.162. The molecule has 1 saturated heterocycles. The van der Waals surface area contributed by atoms with Crippen molar-refractivity contribution in [2.24, 2.45) is 17.3 Å². The minimum Gasteiger partial charge on any atom is -0.303 e. The predicted molar refractivity (Wildman–Crippen MR) is 68.5 cm³/mol. The van der Waals surface area contributed by atoms with Crippen LogP contribution in [0.3, 0.4) is 0 Å². The van der Waals surface area contributed by atoms with E-state index in [0.717, 1.165) is 25.9 Å². The Bertz CT molecular complexity index is 240. The second kappa shape index (κ2) is 5.81. The van der Waals surface area contributed by atoms with Crippen LogP contribution in [0.25, 0.3) is 0 Å². The molecule has 0 bridgehead atoms. The maximum atomic E-state index is 12.2. The molecule has 1 heterocycles. The van der Waals surface area contributed by atoms with Gasteiger partial charge in [-0.05, 0) is 43.2 Å². The normalized spacial score (nSPS) is 21.8. The summed E-state index contributed by atoms with van der Waals surface area (Å²) in [5, 5.41) is 0. The lowest BCUT2D eigenvalue weighted by atomic mass is 9.63. The minimum atomic E-state index is -4.02. The van der Waals surface area contributed by atoms with Gasteiger partial charge in [-0.2, -0.15) is 13.2 Å². The highest BCUT2D eigenvalue weighted by Gasteiger charge is 2.40. The van der Waals surface area contributed by atoms with E-state index in [9.17, 15) is 13.2 Å². The third-order valence-corrected chi connectivity index (χ3v) is 4.80. The van der Waals surface area contributed by atoms with Crippen molar-refractivity contribution in [3.63, 3.8) is 0 Å². The average Bonchev–Trinajstić information content (AvgIpc) is 2.25. The molecule has 0 aromatic rings. The van der Waals surface area contributed by atoms with Crippen LogP contribution >= 0.6 is 0 Å². The molecule has 0 aromatic heterocycles. The molecule has 108 valence electrons. The first-order valence-electron chi connectivity index (χ1n) is 6.96. The van der Waals surface area contributed by atoms with Gasteiger partial charge in [-0.1, -0.05) is 27.7 Å². The van der Waals surface area contributed by atoms with Crippen molar-refractivity contribution in [3.8, 4) is 0 Å². The third-order valence-electron chi connectivity index (χ3n) is 4.80. The molecule has 0 N–H and O–H groups in total. The van der Waals surface area contributed by atoms with Crippen LogP contribution in [0.4, 0.5) is 13.2 Å². The SMILES string of the molecule is CC(C)C1(C(C)C)CCN(CCC(F)(F)F)CC1. The summed E-state index contributed by atoms with van der Waals surface area (Å²) >= 11 is 0. The number of hydrogen-bond donors (Lipinski definition) is 0. The molecule has 0 unspecified atom stereocenters. The van der Waals surface area contributed by atoms with Gasteiger partial charge in [0, 0.05) is 6.54 Å². The first-order chi connectivity index (χ1) is 8.17. The van der Waals surface area contributed by atoms with Crippen molar-refractivity contribution in [2.45, 2.75) is 53.1 Å². The Morgan fingerprint density at radius 2 is 1.44 bits per heavy atom. The van der Waals surface area contributed by atoms with Gasteiger partial charge in [0.25, 0.3) is 0 Å². The highest BCUT2D eigenvalue weighted by Crippen LogP contribution is 2.45. The summed E-state index contributed by atoms with van der Waals surface area (Å²) < 4.78 is 36.6. The molecule has 1 nitrogen and oxygen atoms in total. The van der Waals surface area contributed by atoms with Crippen LogP contribution in [0.1, 0.15) is 47.0 Å². The number of piperidine rings is 1. The smallest absolute Gasteiger partial charge is 0.303 e. The van der Waals surface area contributed by atoms with Crippen LogP contribution in [0, 0.1) is 17.3 Å². The summed E-state index contributed by atoms with van der Waals surface area (Å²) in [6.45, 7) is 10.8. The van der Waals surface area contributed by atoms with Gasteiger partial charge in [-0.15, -0.1) is 0 Å². The van der Waals surface area contributed by atoms with Crippen LogP contribution in [-0.2, 0) is 0 Å². The fourth-order valence-electron chi connectivity index (χ4n) is 3.30. The molecule has 0 aliphatic carbocycles. The molecule has 1 aliphatic heterocycles. The highest BCUT2D eigenvalue weighted by molar-refractivity contribution is 4.90.